The highest BCUT2D eigenvalue weighted by molar-refractivity contribution is 5.23. The van der Waals surface area contributed by atoms with Crippen LogP contribution in [0.15, 0.2) is 18.2 Å². The van der Waals surface area contributed by atoms with Crippen LogP contribution in [-0.2, 0) is 0 Å². The van der Waals surface area contributed by atoms with Crippen LogP contribution < -0.4 is 5.73 Å². The molecule has 1 aromatic rings. The Hall–Kier alpha value is -1.00. The minimum absolute atomic E-state index is 0.0525. The van der Waals surface area contributed by atoms with Crippen molar-refractivity contribution in [3.63, 3.8) is 0 Å². The average Bonchev–Trinajstić information content (AvgIpc) is 2.33. The fourth-order valence-electron chi connectivity index (χ4n) is 2.04. The third kappa shape index (κ3) is 3.48. The van der Waals surface area contributed by atoms with E-state index in [1.165, 1.54) is 18.2 Å². The van der Waals surface area contributed by atoms with E-state index >= 15 is 0 Å². The molecule has 1 rings (SSSR count). The van der Waals surface area contributed by atoms with Crippen molar-refractivity contribution < 1.29 is 13.9 Å². The molecule has 2 nitrogen and oxygen atoms in total. The number of nitrogens with two attached hydrogens (primary N) is 1. The molecular weight excluding hydrogens is 224 g/mol. The third-order valence-electron chi connectivity index (χ3n) is 3.11. The summed E-state index contributed by atoms with van der Waals surface area (Å²) in [6, 6.07) is 3.88. The first-order valence-corrected chi connectivity index (χ1v) is 5.88. The van der Waals surface area contributed by atoms with Crippen molar-refractivity contribution in [3.8, 4) is 0 Å². The molecule has 0 spiro atoms. The lowest BCUT2D eigenvalue weighted by molar-refractivity contribution is 0.213. The molecule has 0 aliphatic heterocycles. The van der Waals surface area contributed by atoms with E-state index in [-0.39, 0.29) is 24.0 Å². The van der Waals surface area contributed by atoms with Gasteiger partial charge in [-0.25, -0.2) is 8.78 Å². The van der Waals surface area contributed by atoms with E-state index in [1.54, 1.807) is 0 Å². The van der Waals surface area contributed by atoms with Crippen molar-refractivity contribution in [2.45, 2.75) is 25.7 Å². The Morgan fingerprint density at radius 1 is 1.29 bits per heavy atom. The van der Waals surface area contributed by atoms with Gasteiger partial charge in [0.1, 0.15) is 11.6 Å². The number of hydrogen-bond donors (Lipinski definition) is 2. The summed E-state index contributed by atoms with van der Waals surface area (Å²) in [5, 5.41) is 9.09. The second kappa shape index (κ2) is 6.67. The molecule has 0 radical (unpaired) electrons. The standard InChI is InChI=1S/C13H19F2NO/c1-2-10(6-9(7-16)8-17)13-11(14)4-3-5-12(13)15/h3-5,9-10,17H,2,6-8,16H2,1H3. The van der Waals surface area contributed by atoms with Gasteiger partial charge < -0.3 is 10.8 Å². The lowest BCUT2D eigenvalue weighted by atomic mass is 9.86. The fourth-order valence-corrected chi connectivity index (χ4v) is 2.04. The number of hydrogen-bond acceptors (Lipinski definition) is 2. The van der Waals surface area contributed by atoms with Crippen LogP contribution >= 0.6 is 0 Å². The van der Waals surface area contributed by atoms with Crippen LogP contribution in [0.3, 0.4) is 0 Å². The van der Waals surface area contributed by atoms with Gasteiger partial charge >= 0.3 is 0 Å². The molecule has 2 unspecified atom stereocenters. The van der Waals surface area contributed by atoms with Gasteiger partial charge in [-0.1, -0.05) is 13.0 Å². The summed E-state index contributed by atoms with van der Waals surface area (Å²) in [5.41, 5.74) is 5.61. The molecule has 0 aliphatic rings. The maximum absolute atomic E-state index is 13.6. The lowest BCUT2D eigenvalue weighted by Gasteiger charge is -2.21. The highest BCUT2D eigenvalue weighted by atomic mass is 19.1. The molecule has 0 heterocycles. The molecule has 0 aliphatic carbocycles. The van der Waals surface area contributed by atoms with Gasteiger partial charge in [0.25, 0.3) is 0 Å². The summed E-state index contributed by atoms with van der Waals surface area (Å²) in [4.78, 5) is 0. The second-order valence-corrected chi connectivity index (χ2v) is 4.26. The Bertz CT molecular complexity index is 333. The predicted molar refractivity (Wildman–Crippen MR) is 63.6 cm³/mol. The third-order valence-corrected chi connectivity index (χ3v) is 3.11. The Morgan fingerprint density at radius 2 is 1.88 bits per heavy atom. The summed E-state index contributed by atoms with van der Waals surface area (Å²) in [6.07, 6.45) is 1.12. The van der Waals surface area contributed by atoms with Crippen molar-refractivity contribution in [1.29, 1.82) is 0 Å². The molecule has 0 aromatic heterocycles. The summed E-state index contributed by atoms with van der Waals surface area (Å²) in [6.45, 7) is 2.15. The van der Waals surface area contributed by atoms with Gasteiger partial charge in [-0.2, -0.15) is 0 Å². The van der Waals surface area contributed by atoms with Crippen molar-refractivity contribution in [2.24, 2.45) is 11.7 Å². The lowest BCUT2D eigenvalue weighted by Crippen LogP contribution is -2.21. The van der Waals surface area contributed by atoms with Gasteiger partial charge in [0.15, 0.2) is 0 Å². The van der Waals surface area contributed by atoms with Crippen LogP contribution in [0.25, 0.3) is 0 Å². The molecule has 17 heavy (non-hydrogen) atoms. The maximum atomic E-state index is 13.6. The molecule has 96 valence electrons. The van der Waals surface area contributed by atoms with E-state index in [0.29, 0.717) is 19.4 Å². The SMILES string of the molecule is CCC(CC(CN)CO)c1c(F)cccc1F. The first-order chi connectivity index (χ1) is 8.13. The molecule has 0 bridgehead atoms. The molecule has 0 saturated carbocycles. The summed E-state index contributed by atoms with van der Waals surface area (Å²) in [7, 11) is 0. The molecule has 0 amide bonds. The molecular formula is C13H19F2NO. The normalized spacial score (nSPS) is 14.6. The summed E-state index contributed by atoms with van der Waals surface area (Å²) >= 11 is 0. The first-order valence-electron chi connectivity index (χ1n) is 5.88. The van der Waals surface area contributed by atoms with Crippen LogP contribution in [0, 0.1) is 17.6 Å². The van der Waals surface area contributed by atoms with E-state index < -0.39 is 11.6 Å². The van der Waals surface area contributed by atoms with Crippen molar-refractivity contribution >= 4 is 0 Å². The smallest absolute Gasteiger partial charge is 0.129 e. The monoisotopic (exact) mass is 243 g/mol. The van der Waals surface area contributed by atoms with Gasteiger partial charge in [-0.15, -0.1) is 0 Å². The van der Waals surface area contributed by atoms with Crippen molar-refractivity contribution in [1.82, 2.24) is 0 Å². The van der Waals surface area contributed by atoms with Crippen LogP contribution in [0.5, 0.6) is 0 Å². The van der Waals surface area contributed by atoms with Crippen LogP contribution in [0.4, 0.5) is 8.78 Å². The van der Waals surface area contributed by atoms with Gasteiger partial charge in [0.05, 0.1) is 0 Å². The average molecular weight is 243 g/mol. The topological polar surface area (TPSA) is 46.2 Å². The zero-order chi connectivity index (χ0) is 12.8. The summed E-state index contributed by atoms with van der Waals surface area (Å²) in [5.74, 6) is -1.40. The Labute approximate surface area is 100 Å². The zero-order valence-electron chi connectivity index (χ0n) is 10.00. The minimum atomic E-state index is -0.523. The van der Waals surface area contributed by atoms with Gasteiger partial charge in [0.2, 0.25) is 0 Å². The van der Waals surface area contributed by atoms with E-state index in [9.17, 15) is 8.78 Å². The Kier molecular flexibility index (Phi) is 5.51. The number of halogens is 2. The molecule has 0 saturated heterocycles. The molecule has 0 fully saturated rings. The Morgan fingerprint density at radius 3 is 2.29 bits per heavy atom. The largest absolute Gasteiger partial charge is 0.396 e. The first kappa shape index (κ1) is 14.1. The van der Waals surface area contributed by atoms with Crippen molar-refractivity contribution in [2.75, 3.05) is 13.2 Å². The fraction of sp³-hybridized carbons (Fsp3) is 0.538. The van der Waals surface area contributed by atoms with Crippen LogP contribution in [-0.4, -0.2) is 18.3 Å². The van der Waals surface area contributed by atoms with Gasteiger partial charge in [-0.3, -0.25) is 0 Å². The number of aliphatic hydroxyl groups excluding tert-OH is 1. The Balaban J connectivity index is 2.93. The molecule has 3 N–H and O–H groups in total. The van der Waals surface area contributed by atoms with Crippen molar-refractivity contribution in [3.05, 3.63) is 35.4 Å². The minimum Gasteiger partial charge on any atom is -0.396 e. The van der Waals surface area contributed by atoms with Gasteiger partial charge in [0, 0.05) is 12.2 Å². The van der Waals surface area contributed by atoms with E-state index in [4.69, 9.17) is 10.8 Å². The van der Waals surface area contributed by atoms with Gasteiger partial charge in [-0.05, 0) is 43.4 Å². The highest BCUT2D eigenvalue weighted by Gasteiger charge is 2.21. The quantitative estimate of drug-likeness (QED) is 0.806. The number of benzene rings is 1. The molecule has 4 heteroatoms. The maximum Gasteiger partial charge on any atom is 0.129 e. The highest BCUT2D eigenvalue weighted by Crippen LogP contribution is 2.30. The predicted octanol–water partition coefficient (Wildman–Crippen LogP) is 2.42. The zero-order valence-corrected chi connectivity index (χ0v) is 10.00. The second-order valence-electron chi connectivity index (χ2n) is 4.26. The molecule has 1 aromatic carbocycles. The van der Waals surface area contributed by atoms with E-state index in [1.807, 2.05) is 6.92 Å². The number of rotatable bonds is 6. The van der Waals surface area contributed by atoms with E-state index in [0.717, 1.165) is 0 Å². The molecule has 2 atom stereocenters. The van der Waals surface area contributed by atoms with Crippen LogP contribution in [0.2, 0.25) is 0 Å². The van der Waals surface area contributed by atoms with E-state index in [2.05, 4.69) is 0 Å². The summed E-state index contributed by atoms with van der Waals surface area (Å²) < 4.78 is 27.2. The number of aliphatic hydroxyl groups is 1. The van der Waals surface area contributed by atoms with Crippen LogP contribution in [0.1, 0.15) is 31.2 Å².